The molecule has 7 heteroatoms. The van der Waals surface area contributed by atoms with E-state index in [0.29, 0.717) is 40.0 Å². The first-order chi connectivity index (χ1) is 16.0. The minimum Gasteiger partial charge on any atom is -0.438 e. The molecule has 0 saturated heterocycles. The minimum absolute atomic E-state index is 0.345. The summed E-state index contributed by atoms with van der Waals surface area (Å²) in [5.41, 5.74) is 11.6. The highest BCUT2D eigenvalue weighted by Crippen LogP contribution is 2.36. The van der Waals surface area contributed by atoms with Gasteiger partial charge in [0.25, 0.3) is 0 Å². The fourth-order valence-corrected chi connectivity index (χ4v) is 3.39. The number of hydrogen-bond donors (Lipinski definition) is 2. The van der Waals surface area contributed by atoms with Crippen molar-refractivity contribution in [2.45, 2.75) is 13.8 Å². The van der Waals surface area contributed by atoms with Crippen LogP contribution in [0.15, 0.2) is 66.9 Å². The Labute approximate surface area is 191 Å². The lowest BCUT2D eigenvalue weighted by Crippen LogP contribution is -2.02. The highest BCUT2D eigenvalue weighted by molar-refractivity contribution is 5.71. The largest absolute Gasteiger partial charge is 0.438 e. The van der Waals surface area contributed by atoms with Gasteiger partial charge in [-0.1, -0.05) is 12.1 Å². The third-order valence-electron chi connectivity index (χ3n) is 5.03. The highest BCUT2D eigenvalue weighted by Gasteiger charge is 2.15. The molecule has 3 N–H and O–H groups in total. The lowest BCUT2D eigenvalue weighted by atomic mass is 10.1. The zero-order chi connectivity index (χ0) is 23.4. The van der Waals surface area contributed by atoms with Gasteiger partial charge in [0.1, 0.15) is 5.75 Å². The molecule has 0 aliphatic rings. The van der Waals surface area contributed by atoms with Gasteiger partial charge in [0.05, 0.1) is 28.8 Å². The maximum absolute atomic E-state index is 9.24. The Balaban J connectivity index is 1.76. The standard InChI is InChI=1S/C26H20N6O/c1-16-11-19(14-28)12-17(2)24(16)33-25-23(20-5-7-21(29)8-6-20)15-30-26(32-25)31-22-9-3-18(13-27)4-10-22/h3-12,15H,29H2,1-2H3,(H,30,31,32). The maximum atomic E-state index is 9.24. The quantitative estimate of drug-likeness (QED) is 0.392. The van der Waals surface area contributed by atoms with Crippen LogP contribution in [0.25, 0.3) is 11.1 Å². The Morgan fingerprint density at radius 2 is 1.52 bits per heavy atom. The van der Waals surface area contributed by atoms with Gasteiger partial charge in [-0.2, -0.15) is 15.5 Å². The molecule has 0 bridgehead atoms. The van der Waals surface area contributed by atoms with Gasteiger partial charge < -0.3 is 15.8 Å². The number of anilines is 3. The first-order valence-corrected chi connectivity index (χ1v) is 10.2. The van der Waals surface area contributed by atoms with Gasteiger partial charge in [0, 0.05) is 17.6 Å². The van der Waals surface area contributed by atoms with Crippen LogP contribution in [0, 0.1) is 36.5 Å². The summed E-state index contributed by atoms with van der Waals surface area (Å²) in [6.45, 7) is 3.78. The molecule has 0 aliphatic carbocycles. The summed E-state index contributed by atoms with van der Waals surface area (Å²) in [6, 6.07) is 22.2. The number of nitrogens with zero attached hydrogens (tertiary/aromatic N) is 4. The van der Waals surface area contributed by atoms with Crippen molar-refractivity contribution in [3.63, 3.8) is 0 Å². The van der Waals surface area contributed by atoms with Gasteiger partial charge in [0.2, 0.25) is 11.8 Å². The average molecular weight is 432 g/mol. The molecule has 0 amide bonds. The SMILES string of the molecule is Cc1cc(C#N)cc(C)c1Oc1nc(Nc2ccc(C#N)cc2)ncc1-c1ccc(N)cc1. The van der Waals surface area contributed by atoms with E-state index >= 15 is 0 Å². The summed E-state index contributed by atoms with van der Waals surface area (Å²) in [6.07, 6.45) is 1.69. The van der Waals surface area contributed by atoms with E-state index in [-0.39, 0.29) is 0 Å². The zero-order valence-corrected chi connectivity index (χ0v) is 18.1. The third kappa shape index (κ3) is 4.73. The van der Waals surface area contributed by atoms with E-state index < -0.39 is 0 Å². The fraction of sp³-hybridized carbons (Fsp3) is 0.0769. The molecule has 1 aromatic heterocycles. The molecule has 3 aromatic carbocycles. The molecule has 0 aliphatic heterocycles. The molecule has 4 rings (SSSR count). The average Bonchev–Trinajstić information content (AvgIpc) is 2.82. The molecule has 1 heterocycles. The molecular weight excluding hydrogens is 412 g/mol. The first-order valence-electron chi connectivity index (χ1n) is 10.2. The first kappa shape index (κ1) is 21.4. The number of rotatable bonds is 5. The summed E-state index contributed by atoms with van der Waals surface area (Å²) in [7, 11) is 0. The number of nitriles is 2. The molecule has 7 nitrogen and oxygen atoms in total. The second-order valence-electron chi connectivity index (χ2n) is 7.50. The molecule has 160 valence electrons. The van der Waals surface area contributed by atoms with Crippen LogP contribution in [0.2, 0.25) is 0 Å². The van der Waals surface area contributed by atoms with Crippen molar-refractivity contribution in [2.24, 2.45) is 0 Å². The summed E-state index contributed by atoms with van der Waals surface area (Å²) >= 11 is 0. The van der Waals surface area contributed by atoms with Crippen LogP contribution in [0.1, 0.15) is 22.3 Å². The number of aryl methyl sites for hydroxylation is 2. The van der Waals surface area contributed by atoms with Crippen molar-refractivity contribution < 1.29 is 4.74 Å². The molecule has 0 atom stereocenters. The van der Waals surface area contributed by atoms with Gasteiger partial charge in [-0.25, -0.2) is 4.98 Å². The van der Waals surface area contributed by atoms with Crippen molar-refractivity contribution in [1.29, 1.82) is 10.5 Å². The minimum atomic E-state index is 0.345. The van der Waals surface area contributed by atoms with Crippen LogP contribution < -0.4 is 15.8 Å². The van der Waals surface area contributed by atoms with E-state index in [1.54, 1.807) is 54.7 Å². The second kappa shape index (κ2) is 9.09. The predicted octanol–water partition coefficient (Wildman–Crippen LogP) is 5.62. The second-order valence-corrected chi connectivity index (χ2v) is 7.50. The van der Waals surface area contributed by atoms with Gasteiger partial charge in [0.15, 0.2) is 0 Å². The Morgan fingerprint density at radius 1 is 0.879 bits per heavy atom. The number of aromatic nitrogens is 2. The number of nitrogens with one attached hydrogen (secondary N) is 1. The van der Waals surface area contributed by atoms with Gasteiger partial charge >= 0.3 is 0 Å². The Kier molecular flexibility index (Phi) is 5.88. The molecule has 0 radical (unpaired) electrons. The Hall–Kier alpha value is -4.88. The topological polar surface area (TPSA) is 121 Å². The van der Waals surface area contributed by atoms with E-state index in [4.69, 9.17) is 15.7 Å². The normalized spacial score (nSPS) is 10.2. The van der Waals surface area contributed by atoms with E-state index in [0.717, 1.165) is 22.4 Å². The van der Waals surface area contributed by atoms with Crippen molar-refractivity contribution in [1.82, 2.24) is 9.97 Å². The summed E-state index contributed by atoms with van der Waals surface area (Å²) < 4.78 is 6.30. The van der Waals surface area contributed by atoms with Crippen LogP contribution in [0.5, 0.6) is 11.6 Å². The third-order valence-corrected chi connectivity index (χ3v) is 5.03. The van der Waals surface area contributed by atoms with Gasteiger partial charge in [-0.05, 0) is 79.1 Å². The smallest absolute Gasteiger partial charge is 0.231 e. The van der Waals surface area contributed by atoms with E-state index in [9.17, 15) is 5.26 Å². The molecular formula is C26H20N6O. The van der Waals surface area contributed by atoms with E-state index in [1.165, 1.54) is 0 Å². The number of benzene rings is 3. The Morgan fingerprint density at radius 3 is 2.12 bits per heavy atom. The molecule has 4 aromatic rings. The molecule has 0 fully saturated rings. The predicted molar refractivity (Wildman–Crippen MR) is 127 cm³/mol. The number of nitrogens with two attached hydrogens (primary N) is 1. The van der Waals surface area contributed by atoms with E-state index in [2.05, 4.69) is 27.4 Å². The summed E-state index contributed by atoms with van der Waals surface area (Å²) in [5, 5.41) is 21.4. The lowest BCUT2D eigenvalue weighted by molar-refractivity contribution is 0.457. The summed E-state index contributed by atoms with van der Waals surface area (Å²) in [5.74, 6) is 1.34. The van der Waals surface area contributed by atoms with Crippen LogP contribution >= 0.6 is 0 Å². The molecule has 0 unspecified atom stereocenters. The highest BCUT2D eigenvalue weighted by atomic mass is 16.5. The zero-order valence-electron chi connectivity index (χ0n) is 18.1. The number of hydrogen-bond acceptors (Lipinski definition) is 7. The van der Waals surface area contributed by atoms with Crippen molar-refractivity contribution in [2.75, 3.05) is 11.1 Å². The molecule has 0 saturated carbocycles. The monoisotopic (exact) mass is 432 g/mol. The van der Waals surface area contributed by atoms with Crippen LogP contribution in [-0.4, -0.2) is 9.97 Å². The van der Waals surface area contributed by atoms with Crippen molar-refractivity contribution >= 4 is 17.3 Å². The van der Waals surface area contributed by atoms with Crippen LogP contribution in [-0.2, 0) is 0 Å². The van der Waals surface area contributed by atoms with Gasteiger partial charge in [-0.15, -0.1) is 0 Å². The summed E-state index contributed by atoms with van der Waals surface area (Å²) in [4.78, 5) is 9.07. The molecule has 33 heavy (non-hydrogen) atoms. The van der Waals surface area contributed by atoms with Crippen LogP contribution in [0.3, 0.4) is 0 Å². The van der Waals surface area contributed by atoms with Crippen LogP contribution in [0.4, 0.5) is 17.3 Å². The van der Waals surface area contributed by atoms with Crippen molar-refractivity contribution in [3.05, 3.63) is 89.1 Å². The Bertz CT molecular complexity index is 1370. The number of ether oxygens (including phenoxy) is 1. The maximum Gasteiger partial charge on any atom is 0.231 e. The lowest BCUT2D eigenvalue weighted by Gasteiger charge is -2.16. The number of nitrogen functional groups attached to an aromatic ring is 1. The van der Waals surface area contributed by atoms with Gasteiger partial charge in [-0.3, -0.25) is 0 Å². The van der Waals surface area contributed by atoms with Crippen molar-refractivity contribution in [3.8, 4) is 34.9 Å². The fourth-order valence-electron chi connectivity index (χ4n) is 3.39. The molecule has 0 spiro atoms. The van der Waals surface area contributed by atoms with E-state index in [1.807, 2.05) is 26.0 Å².